The highest BCUT2D eigenvalue weighted by molar-refractivity contribution is 5.89. The maximum Gasteiger partial charge on any atom is 0.333 e. The van der Waals surface area contributed by atoms with Crippen LogP contribution in [0.5, 0.6) is 0 Å². The van der Waals surface area contributed by atoms with Crippen LogP contribution >= 0.6 is 0 Å². The minimum Gasteiger partial charge on any atom is -0.466 e. The number of nitrogens with zero attached hydrogens (tertiary/aromatic N) is 3. The van der Waals surface area contributed by atoms with E-state index in [4.69, 9.17) is 5.53 Å². The Labute approximate surface area is 103 Å². The minimum absolute atomic E-state index is 0.110. The van der Waals surface area contributed by atoms with Crippen molar-refractivity contribution in [3.05, 3.63) is 22.1 Å². The van der Waals surface area contributed by atoms with Crippen LogP contribution in [0.2, 0.25) is 0 Å². The summed E-state index contributed by atoms with van der Waals surface area (Å²) in [5.74, 6) is -0.944. The molecule has 0 aromatic rings. The Hall–Kier alpha value is -2.05. The van der Waals surface area contributed by atoms with Gasteiger partial charge in [0.15, 0.2) is 0 Å². The van der Waals surface area contributed by atoms with Gasteiger partial charge < -0.3 is 15.2 Å². The Morgan fingerprint density at radius 3 is 2.83 bits per heavy atom. The van der Waals surface area contributed by atoms with Gasteiger partial charge >= 0.3 is 5.97 Å². The maximum absolute atomic E-state index is 11.4. The fourth-order valence-corrected chi connectivity index (χ4v) is 1.84. The number of methoxy groups -OCH3 is 1. The number of aliphatic hydroxyl groups excluding tert-OH is 1. The van der Waals surface area contributed by atoms with Gasteiger partial charge in [0, 0.05) is 17.4 Å². The number of hydrogen-bond acceptors (Lipinski definition) is 5. The van der Waals surface area contributed by atoms with Gasteiger partial charge in [0.1, 0.15) is 0 Å². The van der Waals surface area contributed by atoms with Gasteiger partial charge in [-0.2, -0.15) is 0 Å². The van der Waals surface area contributed by atoms with Crippen LogP contribution in [0.15, 0.2) is 16.8 Å². The van der Waals surface area contributed by atoms with Gasteiger partial charge in [0.05, 0.1) is 25.3 Å². The van der Waals surface area contributed by atoms with Crippen LogP contribution in [-0.4, -0.2) is 42.3 Å². The molecule has 0 heterocycles. The standard InChI is InChI=1S/C10H14N4O4/c1-5(15)12-9-7(13-14-11)3-6(4-8(9)16)10(17)18-2/h4,7-9,16H,3H2,1-2H3,(H,12,15)/t7-,8+,9+/m0/s1. The van der Waals surface area contributed by atoms with Crippen LogP contribution < -0.4 is 5.32 Å². The average Bonchev–Trinajstić information content (AvgIpc) is 2.32. The molecule has 0 aromatic heterocycles. The second kappa shape index (κ2) is 6.04. The summed E-state index contributed by atoms with van der Waals surface area (Å²) in [4.78, 5) is 25.0. The lowest BCUT2D eigenvalue weighted by Gasteiger charge is -2.31. The molecule has 0 unspecified atom stereocenters. The minimum atomic E-state index is -1.10. The number of hydrogen-bond donors (Lipinski definition) is 2. The molecule has 98 valence electrons. The topological polar surface area (TPSA) is 124 Å². The summed E-state index contributed by atoms with van der Waals surface area (Å²) in [5, 5.41) is 15.8. The fraction of sp³-hybridized carbons (Fsp3) is 0.600. The monoisotopic (exact) mass is 254 g/mol. The number of rotatable bonds is 3. The predicted molar refractivity (Wildman–Crippen MR) is 61.3 cm³/mol. The number of carbonyl (C=O) groups is 2. The van der Waals surface area contributed by atoms with Crippen LogP contribution in [-0.2, 0) is 14.3 Å². The zero-order chi connectivity index (χ0) is 13.7. The van der Waals surface area contributed by atoms with Gasteiger partial charge in [0.25, 0.3) is 0 Å². The van der Waals surface area contributed by atoms with Crippen molar-refractivity contribution in [3.8, 4) is 0 Å². The van der Waals surface area contributed by atoms with E-state index in [2.05, 4.69) is 20.1 Å². The molecule has 1 amide bonds. The van der Waals surface area contributed by atoms with Crippen molar-refractivity contribution in [1.82, 2.24) is 5.32 Å². The van der Waals surface area contributed by atoms with Crippen molar-refractivity contribution in [1.29, 1.82) is 0 Å². The molecule has 0 saturated heterocycles. The molecule has 0 aliphatic heterocycles. The van der Waals surface area contributed by atoms with E-state index in [1.54, 1.807) is 0 Å². The Bertz CT molecular complexity index is 428. The molecule has 1 aliphatic rings. The lowest BCUT2D eigenvalue weighted by molar-refractivity contribution is -0.136. The third-order valence-corrected chi connectivity index (χ3v) is 2.60. The average molecular weight is 254 g/mol. The first kappa shape index (κ1) is 14.0. The second-order valence-corrected chi connectivity index (χ2v) is 3.88. The van der Waals surface area contributed by atoms with Gasteiger partial charge in [0.2, 0.25) is 5.91 Å². The molecule has 0 aromatic carbocycles. The summed E-state index contributed by atoms with van der Waals surface area (Å²) in [6.45, 7) is 1.29. The summed E-state index contributed by atoms with van der Waals surface area (Å²) in [6, 6.07) is -1.47. The Morgan fingerprint density at radius 1 is 1.67 bits per heavy atom. The molecule has 0 saturated carbocycles. The highest BCUT2D eigenvalue weighted by atomic mass is 16.5. The first-order valence-electron chi connectivity index (χ1n) is 5.28. The SMILES string of the molecule is COC(=O)C1=C[C@@H](O)[C@H](NC(C)=O)[C@@H](N=[N+]=[N-])C1. The number of esters is 1. The quantitative estimate of drug-likeness (QED) is 0.319. The van der Waals surface area contributed by atoms with E-state index in [1.165, 1.54) is 20.1 Å². The summed E-state index contributed by atoms with van der Waals surface area (Å²) in [7, 11) is 1.22. The predicted octanol–water partition coefficient (Wildman–Crippen LogP) is 0.0340. The van der Waals surface area contributed by atoms with E-state index in [0.717, 1.165) is 0 Å². The molecule has 1 rings (SSSR count). The van der Waals surface area contributed by atoms with Gasteiger partial charge in [-0.3, -0.25) is 4.79 Å². The number of azide groups is 1. The fourth-order valence-electron chi connectivity index (χ4n) is 1.84. The highest BCUT2D eigenvalue weighted by Crippen LogP contribution is 2.23. The van der Waals surface area contributed by atoms with E-state index in [9.17, 15) is 14.7 Å². The normalized spacial score (nSPS) is 26.6. The van der Waals surface area contributed by atoms with Crippen LogP contribution in [0.1, 0.15) is 13.3 Å². The molecule has 0 radical (unpaired) electrons. The summed E-state index contributed by atoms with van der Waals surface area (Å²) in [5.41, 5.74) is 8.69. The van der Waals surface area contributed by atoms with Gasteiger partial charge in [-0.1, -0.05) is 5.11 Å². The van der Waals surface area contributed by atoms with E-state index in [-0.39, 0.29) is 17.9 Å². The molecule has 0 fully saturated rings. The van der Waals surface area contributed by atoms with Crippen LogP contribution in [0.25, 0.3) is 10.4 Å². The second-order valence-electron chi connectivity index (χ2n) is 3.88. The number of ether oxygens (including phenoxy) is 1. The van der Waals surface area contributed by atoms with Crippen molar-refractivity contribution in [2.75, 3.05) is 7.11 Å². The Kier molecular flexibility index (Phi) is 4.70. The van der Waals surface area contributed by atoms with Crippen molar-refractivity contribution in [3.63, 3.8) is 0 Å². The molecule has 1 aliphatic carbocycles. The largest absolute Gasteiger partial charge is 0.466 e. The zero-order valence-corrected chi connectivity index (χ0v) is 10.0. The lowest BCUT2D eigenvalue weighted by Crippen LogP contribution is -2.51. The Balaban J connectivity index is 2.99. The molecule has 8 heteroatoms. The van der Waals surface area contributed by atoms with Crippen molar-refractivity contribution < 1.29 is 19.4 Å². The third kappa shape index (κ3) is 3.22. The van der Waals surface area contributed by atoms with Crippen LogP contribution in [0, 0.1) is 0 Å². The molecular formula is C10H14N4O4. The van der Waals surface area contributed by atoms with Crippen molar-refractivity contribution >= 4 is 11.9 Å². The zero-order valence-electron chi connectivity index (χ0n) is 10.0. The molecular weight excluding hydrogens is 240 g/mol. The molecule has 0 bridgehead atoms. The maximum atomic E-state index is 11.4. The lowest BCUT2D eigenvalue weighted by atomic mass is 9.88. The van der Waals surface area contributed by atoms with E-state index in [0.29, 0.717) is 0 Å². The summed E-state index contributed by atoms with van der Waals surface area (Å²) in [6.07, 6.45) is 0.307. The summed E-state index contributed by atoms with van der Waals surface area (Å²) >= 11 is 0. The Morgan fingerprint density at radius 2 is 2.33 bits per heavy atom. The number of amides is 1. The van der Waals surface area contributed by atoms with E-state index >= 15 is 0 Å². The number of carbonyl (C=O) groups excluding carboxylic acids is 2. The first-order valence-corrected chi connectivity index (χ1v) is 5.28. The highest BCUT2D eigenvalue weighted by Gasteiger charge is 2.34. The number of aliphatic hydroxyl groups is 1. The first-order chi connectivity index (χ1) is 8.49. The van der Waals surface area contributed by atoms with Gasteiger partial charge in [-0.25, -0.2) is 4.79 Å². The third-order valence-electron chi connectivity index (χ3n) is 2.60. The van der Waals surface area contributed by atoms with Gasteiger partial charge in [-0.15, -0.1) is 0 Å². The van der Waals surface area contributed by atoms with E-state index in [1.807, 2.05) is 0 Å². The molecule has 8 nitrogen and oxygen atoms in total. The van der Waals surface area contributed by atoms with Crippen molar-refractivity contribution in [2.45, 2.75) is 31.5 Å². The molecule has 18 heavy (non-hydrogen) atoms. The molecule has 2 N–H and O–H groups in total. The molecule has 3 atom stereocenters. The molecule has 0 spiro atoms. The van der Waals surface area contributed by atoms with E-state index < -0.39 is 24.2 Å². The van der Waals surface area contributed by atoms with Gasteiger partial charge in [-0.05, 0) is 18.0 Å². The number of nitrogens with one attached hydrogen (secondary N) is 1. The van der Waals surface area contributed by atoms with Crippen molar-refractivity contribution in [2.24, 2.45) is 5.11 Å². The van der Waals surface area contributed by atoms with Crippen LogP contribution in [0.3, 0.4) is 0 Å². The van der Waals surface area contributed by atoms with Crippen LogP contribution in [0.4, 0.5) is 0 Å². The smallest absolute Gasteiger partial charge is 0.333 e. The summed E-state index contributed by atoms with van der Waals surface area (Å²) < 4.78 is 4.54.